The van der Waals surface area contributed by atoms with Crippen LogP contribution in [0.1, 0.15) is 0 Å². The molecule has 1 heterocycles. The Labute approximate surface area is 128 Å². The van der Waals surface area contributed by atoms with Crippen molar-refractivity contribution in [3.05, 3.63) is 59.0 Å². The fraction of sp³-hybridized carbons (Fsp3) is 0. The Hall–Kier alpha value is -1.59. The number of hydrogen-bond acceptors (Lipinski definition) is 3. The number of benzene rings is 2. The fourth-order valence-electron chi connectivity index (χ4n) is 1.92. The van der Waals surface area contributed by atoms with Crippen LogP contribution in [0.15, 0.2) is 62.9 Å². The molecule has 0 spiro atoms. The first-order chi connectivity index (χ1) is 9.63. The van der Waals surface area contributed by atoms with Gasteiger partial charge in [0.05, 0.1) is 17.4 Å². The number of anilines is 1. The summed E-state index contributed by atoms with van der Waals surface area (Å²) in [6.07, 6.45) is 1.64. The molecular formula is C15H10BrFN2S. The molecule has 2 N–H and O–H groups in total. The van der Waals surface area contributed by atoms with Gasteiger partial charge in [0.25, 0.3) is 0 Å². The Morgan fingerprint density at radius 1 is 1.15 bits per heavy atom. The predicted octanol–water partition coefficient (Wildman–Crippen LogP) is 4.87. The molecule has 3 aromatic rings. The number of hydrogen-bond donors (Lipinski definition) is 1. The average Bonchev–Trinajstić information content (AvgIpc) is 2.42. The molecular weight excluding hydrogens is 339 g/mol. The lowest BCUT2D eigenvalue weighted by Gasteiger charge is -2.09. The molecule has 0 saturated carbocycles. The van der Waals surface area contributed by atoms with Crippen molar-refractivity contribution in [2.75, 3.05) is 5.73 Å². The number of pyridine rings is 1. The summed E-state index contributed by atoms with van der Waals surface area (Å²) in [6.45, 7) is 0. The zero-order valence-corrected chi connectivity index (χ0v) is 12.7. The number of fused-ring (bicyclic) bond motifs is 1. The van der Waals surface area contributed by atoms with Crippen LogP contribution in [0.3, 0.4) is 0 Å². The quantitative estimate of drug-likeness (QED) is 0.717. The van der Waals surface area contributed by atoms with Crippen molar-refractivity contribution in [3.8, 4) is 0 Å². The predicted molar refractivity (Wildman–Crippen MR) is 84.4 cm³/mol. The lowest BCUT2D eigenvalue weighted by atomic mass is 10.2. The zero-order valence-electron chi connectivity index (χ0n) is 10.3. The highest BCUT2D eigenvalue weighted by Crippen LogP contribution is 2.37. The highest BCUT2D eigenvalue weighted by Gasteiger charge is 2.09. The maximum Gasteiger partial charge on any atom is 0.124 e. The third-order valence-corrected chi connectivity index (χ3v) is 4.47. The highest BCUT2D eigenvalue weighted by atomic mass is 79.9. The van der Waals surface area contributed by atoms with Gasteiger partial charge in [-0.15, -0.1) is 0 Å². The van der Waals surface area contributed by atoms with Crippen LogP contribution in [0.25, 0.3) is 10.9 Å². The van der Waals surface area contributed by atoms with Crippen molar-refractivity contribution in [2.24, 2.45) is 0 Å². The van der Waals surface area contributed by atoms with Crippen molar-refractivity contribution in [1.82, 2.24) is 4.98 Å². The molecule has 5 heteroatoms. The summed E-state index contributed by atoms with van der Waals surface area (Å²) in [5.41, 5.74) is 7.48. The van der Waals surface area contributed by atoms with E-state index >= 15 is 0 Å². The molecule has 100 valence electrons. The summed E-state index contributed by atoms with van der Waals surface area (Å²) >= 11 is 4.89. The van der Waals surface area contributed by atoms with Crippen LogP contribution >= 0.6 is 27.7 Å². The van der Waals surface area contributed by atoms with Gasteiger partial charge in [0.2, 0.25) is 0 Å². The number of aromatic nitrogens is 1. The summed E-state index contributed by atoms with van der Waals surface area (Å²) in [6, 6.07) is 12.3. The van der Waals surface area contributed by atoms with Gasteiger partial charge in [-0.25, -0.2) is 4.39 Å². The van der Waals surface area contributed by atoms with E-state index in [4.69, 9.17) is 5.73 Å². The number of nitrogen functional groups attached to an aromatic ring is 1. The Morgan fingerprint density at radius 3 is 2.80 bits per heavy atom. The third kappa shape index (κ3) is 2.64. The molecule has 0 atom stereocenters. The molecule has 0 radical (unpaired) electrons. The molecule has 0 saturated heterocycles. The molecule has 2 aromatic carbocycles. The molecule has 0 aliphatic rings. The standard InChI is InChI=1S/C15H10BrFN2S/c16-9-4-5-14-12(6-9)15(13(18)8-19-14)20-11-3-1-2-10(17)7-11/h1-8H,18H2. The van der Waals surface area contributed by atoms with E-state index in [1.807, 2.05) is 24.3 Å². The van der Waals surface area contributed by atoms with Crippen LogP contribution in [0, 0.1) is 5.82 Å². The van der Waals surface area contributed by atoms with E-state index in [2.05, 4.69) is 20.9 Å². The Bertz CT molecular complexity index is 787. The topological polar surface area (TPSA) is 38.9 Å². The molecule has 0 fully saturated rings. The minimum Gasteiger partial charge on any atom is -0.397 e. The maximum atomic E-state index is 13.3. The SMILES string of the molecule is Nc1cnc2ccc(Br)cc2c1Sc1cccc(F)c1. The molecule has 0 bridgehead atoms. The van der Waals surface area contributed by atoms with Gasteiger partial charge < -0.3 is 5.73 Å². The highest BCUT2D eigenvalue weighted by molar-refractivity contribution is 9.10. The van der Waals surface area contributed by atoms with E-state index in [-0.39, 0.29) is 5.82 Å². The summed E-state index contributed by atoms with van der Waals surface area (Å²) in [4.78, 5) is 6.01. The van der Waals surface area contributed by atoms with Crippen molar-refractivity contribution >= 4 is 44.3 Å². The van der Waals surface area contributed by atoms with E-state index < -0.39 is 0 Å². The second-order valence-electron chi connectivity index (χ2n) is 4.26. The van der Waals surface area contributed by atoms with Crippen LogP contribution in [0.4, 0.5) is 10.1 Å². The Kier molecular flexibility index (Phi) is 3.63. The van der Waals surface area contributed by atoms with Crippen molar-refractivity contribution < 1.29 is 4.39 Å². The van der Waals surface area contributed by atoms with Crippen LogP contribution in [-0.2, 0) is 0 Å². The second-order valence-corrected chi connectivity index (χ2v) is 6.26. The third-order valence-electron chi connectivity index (χ3n) is 2.82. The number of nitrogens with two attached hydrogens (primary N) is 1. The van der Waals surface area contributed by atoms with E-state index in [1.165, 1.54) is 23.9 Å². The largest absolute Gasteiger partial charge is 0.397 e. The van der Waals surface area contributed by atoms with Gasteiger partial charge in [0, 0.05) is 19.6 Å². The molecule has 0 amide bonds. The van der Waals surface area contributed by atoms with Gasteiger partial charge in [-0.05, 0) is 36.4 Å². The van der Waals surface area contributed by atoms with Gasteiger partial charge >= 0.3 is 0 Å². The van der Waals surface area contributed by atoms with Gasteiger partial charge in [-0.1, -0.05) is 33.8 Å². The monoisotopic (exact) mass is 348 g/mol. The number of nitrogens with zero attached hydrogens (tertiary/aromatic N) is 1. The van der Waals surface area contributed by atoms with E-state index in [0.717, 1.165) is 25.2 Å². The molecule has 1 aromatic heterocycles. The summed E-state index contributed by atoms with van der Waals surface area (Å²) in [7, 11) is 0. The molecule has 0 aliphatic heterocycles. The number of rotatable bonds is 2. The molecule has 0 unspecified atom stereocenters. The first kappa shape index (κ1) is 13.4. The zero-order chi connectivity index (χ0) is 14.1. The fourth-order valence-corrected chi connectivity index (χ4v) is 3.28. The first-order valence-electron chi connectivity index (χ1n) is 5.90. The van der Waals surface area contributed by atoms with Crippen LogP contribution < -0.4 is 5.73 Å². The van der Waals surface area contributed by atoms with Crippen molar-refractivity contribution in [3.63, 3.8) is 0 Å². The van der Waals surface area contributed by atoms with Crippen LogP contribution in [0.2, 0.25) is 0 Å². The van der Waals surface area contributed by atoms with Gasteiger partial charge in [-0.3, -0.25) is 4.98 Å². The summed E-state index contributed by atoms with van der Waals surface area (Å²) in [5.74, 6) is -0.256. The number of halogens is 2. The lowest BCUT2D eigenvalue weighted by molar-refractivity contribution is 0.624. The Morgan fingerprint density at radius 2 is 2.00 bits per heavy atom. The van der Waals surface area contributed by atoms with Crippen molar-refractivity contribution in [2.45, 2.75) is 9.79 Å². The van der Waals surface area contributed by atoms with Gasteiger partial charge in [0.1, 0.15) is 5.82 Å². The van der Waals surface area contributed by atoms with E-state index in [0.29, 0.717) is 5.69 Å². The van der Waals surface area contributed by atoms with Crippen LogP contribution in [-0.4, -0.2) is 4.98 Å². The first-order valence-corrected chi connectivity index (χ1v) is 7.51. The molecule has 3 rings (SSSR count). The van der Waals surface area contributed by atoms with E-state index in [1.54, 1.807) is 12.3 Å². The van der Waals surface area contributed by atoms with Crippen LogP contribution in [0.5, 0.6) is 0 Å². The van der Waals surface area contributed by atoms with Gasteiger partial charge in [0.15, 0.2) is 0 Å². The molecule has 2 nitrogen and oxygen atoms in total. The summed E-state index contributed by atoms with van der Waals surface area (Å²) in [5, 5.41) is 0.952. The Balaban J connectivity index is 2.14. The average molecular weight is 349 g/mol. The lowest BCUT2D eigenvalue weighted by Crippen LogP contribution is -1.92. The minimum atomic E-state index is -0.256. The minimum absolute atomic E-state index is 0.256. The smallest absolute Gasteiger partial charge is 0.124 e. The van der Waals surface area contributed by atoms with Gasteiger partial charge in [-0.2, -0.15) is 0 Å². The second kappa shape index (κ2) is 5.42. The summed E-state index contributed by atoms with van der Waals surface area (Å²) < 4.78 is 14.2. The molecule has 0 aliphatic carbocycles. The maximum absolute atomic E-state index is 13.3. The van der Waals surface area contributed by atoms with Crippen molar-refractivity contribution in [1.29, 1.82) is 0 Å². The molecule has 20 heavy (non-hydrogen) atoms. The normalized spacial score (nSPS) is 10.9. The van der Waals surface area contributed by atoms with E-state index in [9.17, 15) is 4.39 Å².